The van der Waals surface area contributed by atoms with Gasteiger partial charge in [0.05, 0.1) is 7.11 Å². The highest BCUT2D eigenvalue weighted by molar-refractivity contribution is 6.30. The Morgan fingerprint density at radius 1 is 0.926 bits per heavy atom. The van der Waals surface area contributed by atoms with Crippen molar-refractivity contribution in [3.63, 3.8) is 0 Å². The first-order valence-electron chi connectivity index (χ1n) is 8.91. The van der Waals surface area contributed by atoms with E-state index in [1.807, 2.05) is 42.5 Å². The van der Waals surface area contributed by atoms with Crippen molar-refractivity contribution in [1.82, 2.24) is 0 Å². The van der Waals surface area contributed by atoms with E-state index >= 15 is 0 Å². The summed E-state index contributed by atoms with van der Waals surface area (Å²) in [6, 6.07) is 20.0. The van der Waals surface area contributed by atoms with Crippen molar-refractivity contribution in [3.8, 4) is 11.5 Å². The summed E-state index contributed by atoms with van der Waals surface area (Å²) >= 11 is 6.07. The fourth-order valence-corrected chi connectivity index (χ4v) is 3.07. The SMILES string of the molecule is COc1cccc(CNc2ccc(C)c(C)c2)c1OCc1cccc(Cl)c1. The highest BCUT2D eigenvalue weighted by Crippen LogP contribution is 2.32. The molecule has 0 aliphatic heterocycles. The summed E-state index contributed by atoms with van der Waals surface area (Å²) in [6.07, 6.45) is 0. The number of hydrogen-bond acceptors (Lipinski definition) is 3. The van der Waals surface area contributed by atoms with Crippen molar-refractivity contribution in [1.29, 1.82) is 0 Å². The molecule has 0 aliphatic rings. The Hall–Kier alpha value is -2.65. The van der Waals surface area contributed by atoms with Crippen LogP contribution in [-0.4, -0.2) is 7.11 Å². The number of nitrogens with one attached hydrogen (secondary N) is 1. The van der Waals surface area contributed by atoms with Gasteiger partial charge in [-0.1, -0.05) is 41.9 Å². The van der Waals surface area contributed by atoms with Crippen molar-refractivity contribution in [2.24, 2.45) is 0 Å². The highest BCUT2D eigenvalue weighted by Gasteiger charge is 2.11. The lowest BCUT2D eigenvalue weighted by molar-refractivity contribution is 0.281. The Morgan fingerprint density at radius 2 is 1.74 bits per heavy atom. The van der Waals surface area contributed by atoms with Crippen LogP contribution in [-0.2, 0) is 13.2 Å². The van der Waals surface area contributed by atoms with Gasteiger partial charge in [-0.3, -0.25) is 0 Å². The van der Waals surface area contributed by atoms with Gasteiger partial charge in [0, 0.05) is 22.8 Å². The number of benzene rings is 3. The lowest BCUT2D eigenvalue weighted by Crippen LogP contribution is -2.05. The summed E-state index contributed by atoms with van der Waals surface area (Å²) in [6.45, 7) is 5.30. The lowest BCUT2D eigenvalue weighted by Gasteiger charge is -2.16. The predicted octanol–water partition coefficient (Wildman–Crippen LogP) is 6.16. The molecule has 0 fully saturated rings. The van der Waals surface area contributed by atoms with Gasteiger partial charge in [0.2, 0.25) is 0 Å². The molecule has 0 bridgehead atoms. The second-order valence-corrected chi connectivity index (χ2v) is 6.96. The van der Waals surface area contributed by atoms with Gasteiger partial charge in [0.1, 0.15) is 6.61 Å². The van der Waals surface area contributed by atoms with E-state index in [0.717, 1.165) is 28.3 Å². The van der Waals surface area contributed by atoms with Crippen LogP contribution in [0.1, 0.15) is 22.3 Å². The molecular formula is C23H24ClNO2. The first kappa shape index (κ1) is 19.1. The molecular weight excluding hydrogens is 358 g/mol. The maximum Gasteiger partial charge on any atom is 0.166 e. The molecule has 3 nitrogen and oxygen atoms in total. The molecule has 0 aromatic heterocycles. The zero-order chi connectivity index (χ0) is 19.2. The number of aryl methyl sites for hydroxylation is 2. The Balaban J connectivity index is 1.77. The minimum absolute atomic E-state index is 0.428. The van der Waals surface area contributed by atoms with Crippen LogP contribution in [0.15, 0.2) is 60.7 Å². The van der Waals surface area contributed by atoms with Crippen molar-refractivity contribution in [2.45, 2.75) is 27.0 Å². The van der Waals surface area contributed by atoms with E-state index in [2.05, 4.69) is 37.4 Å². The molecule has 0 atom stereocenters. The molecule has 0 heterocycles. The third kappa shape index (κ3) is 4.95. The third-order valence-corrected chi connectivity index (χ3v) is 4.78. The van der Waals surface area contributed by atoms with E-state index in [4.69, 9.17) is 21.1 Å². The van der Waals surface area contributed by atoms with Gasteiger partial charge in [0.25, 0.3) is 0 Å². The molecule has 3 rings (SSSR count). The van der Waals surface area contributed by atoms with Crippen molar-refractivity contribution in [2.75, 3.05) is 12.4 Å². The van der Waals surface area contributed by atoms with Gasteiger partial charge in [0.15, 0.2) is 11.5 Å². The number of halogens is 1. The molecule has 0 unspecified atom stereocenters. The zero-order valence-electron chi connectivity index (χ0n) is 15.9. The van der Waals surface area contributed by atoms with E-state index in [1.54, 1.807) is 7.11 Å². The average Bonchev–Trinajstić information content (AvgIpc) is 2.67. The average molecular weight is 382 g/mol. The number of methoxy groups -OCH3 is 1. The fourth-order valence-electron chi connectivity index (χ4n) is 2.86. The monoisotopic (exact) mass is 381 g/mol. The molecule has 0 saturated heterocycles. The zero-order valence-corrected chi connectivity index (χ0v) is 16.6. The summed E-state index contributed by atoms with van der Waals surface area (Å²) in [5, 5.41) is 4.17. The van der Waals surface area contributed by atoms with Gasteiger partial charge in [-0.05, 0) is 60.9 Å². The van der Waals surface area contributed by atoms with Gasteiger partial charge < -0.3 is 14.8 Å². The van der Waals surface area contributed by atoms with Crippen molar-refractivity contribution in [3.05, 3.63) is 87.9 Å². The number of hydrogen-bond donors (Lipinski definition) is 1. The van der Waals surface area contributed by atoms with Crippen LogP contribution in [0.5, 0.6) is 11.5 Å². The molecule has 140 valence electrons. The molecule has 0 aliphatic carbocycles. The van der Waals surface area contributed by atoms with Gasteiger partial charge in [-0.25, -0.2) is 0 Å². The number of para-hydroxylation sites is 1. The van der Waals surface area contributed by atoms with Crippen LogP contribution in [0.2, 0.25) is 5.02 Å². The van der Waals surface area contributed by atoms with E-state index in [-0.39, 0.29) is 0 Å². The molecule has 1 N–H and O–H groups in total. The Bertz CT molecular complexity index is 924. The van der Waals surface area contributed by atoms with E-state index in [1.165, 1.54) is 11.1 Å². The molecule has 0 amide bonds. The van der Waals surface area contributed by atoms with Crippen molar-refractivity contribution < 1.29 is 9.47 Å². The minimum Gasteiger partial charge on any atom is -0.493 e. The maximum atomic E-state index is 6.11. The second-order valence-electron chi connectivity index (χ2n) is 6.52. The lowest BCUT2D eigenvalue weighted by atomic mass is 10.1. The molecule has 3 aromatic rings. The van der Waals surface area contributed by atoms with E-state index in [0.29, 0.717) is 18.2 Å². The van der Waals surface area contributed by atoms with Gasteiger partial charge >= 0.3 is 0 Å². The van der Waals surface area contributed by atoms with Crippen LogP contribution in [0, 0.1) is 13.8 Å². The Labute approximate surface area is 165 Å². The van der Waals surface area contributed by atoms with E-state index in [9.17, 15) is 0 Å². The first-order chi connectivity index (χ1) is 13.1. The van der Waals surface area contributed by atoms with Crippen LogP contribution >= 0.6 is 11.6 Å². The number of anilines is 1. The largest absolute Gasteiger partial charge is 0.493 e. The van der Waals surface area contributed by atoms with Crippen LogP contribution in [0.3, 0.4) is 0 Å². The first-order valence-corrected chi connectivity index (χ1v) is 9.29. The molecule has 0 radical (unpaired) electrons. The smallest absolute Gasteiger partial charge is 0.166 e. The van der Waals surface area contributed by atoms with Crippen LogP contribution in [0.25, 0.3) is 0 Å². The van der Waals surface area contributed by atoms with Gasteiger partial charge in [-0.2, -0.15) is 0 Å². The standard InChI is InChI=1S/C23H24ClNO2/c1-16-10-11-21(12-17(16)2)25-14-19-7-5-9-22(26-3)23(19)27-15-18-6-4-8-20(24)13-18/h4-13,25H,14-15H2,1-3H3. The molecule has 3 aromatic carbocycles. The van der Waals surface area contributed by atoms with Gasteiger partial charge in [-0.15, -0.1) is 0 Å². The fraction of sp³-hybridized carbons (Fsp3) is 0.217. The predicted molar refractivity (Wildman–Crippen MR) is 112 cm³/mol. The normalized spacial score (nSPS) is 10.5. The molecule has 27 heavy (non-hydrogen) atoms. The molecule has 0 saturated carbocycles. The topological polar surface area (TPSA) is 30.5 Å². The van der Waals surface area contributed by atoms with Crippen LogP contribution in [0.4, 0.5) is 5.69 Å². The summed E-state index contributed by atoms with van der Waals surface area (Å²) in [7, 11) is 1.65. The van der Waals surface area contributed by atoms with Crippen LogP contribution < -0.4 is 14.8 Å². The van der Waals surface area contributed by atoms with Crippen molar-refractivity contribution >= 4 is 17.3 Å². The minimum atomic E-state index is 0.428. The van der Waals surface area contributed by atoms with E-state index < -0.39 is 0 Å². The summed E-state index contributed by atoms with van der Waals surface area (Å²) in [5.41, 5.74) is 5.69. The molecule has 4 heteroatoms. The Morgan fingerprint density at radius 3 is 2.48 bits per heavy atom. The maximum absolute atomic E-state index is 6.11. The Kier molecular flexibility index (Phi) is 6.25. The highest BCUT2D eigenvalue weighted by atomic mass is 35.5. The second kappa shape index (κ2) is 8.83. The quantitative estimate of drug-likeness (QED) is 0.531. The number of ether oxygens (including phenoxy) is 2. The third-order valence-electron chi connectivity index (χ3n) is 4.54. The summed E-state index contributed by atoms with van der Waals surface area (Å²) in [4.78, 5) is 0. The number of rotatable bonds is 7. The summed E-state index contributed by atoms with van der Waals surface area (Å²) < 4.78 is 11.6. The molecule has 0 spiro atoms. The summed E-state index contributed by atoms with van der Waals surface area (Å²) in [5.74, 6) is 1.47.